The zero-order valence-corrected chi connectivity index (χ0v) is 19.4. The van der Waals surface area contributed by atoms with E-state index in [4.69, 9.17) is 0 Å². The van der Waals surface area contributed by atoms with E-state index in [0.717, 1.165) is 24.0 Å². The van der Waals surface area contributed by atoms with Gasteiger partial charge in [-0.05, 0) is 73.6 Å². The van der Waals surface area contributed by atoms with E-state index in [-0.39, 0.29) is 5.78 Å². The molecule has 2 rings (SSSR count). The van der Waals surface area contributed by atoms with E-state index in [9.17, 15) is 15.0 Å². The van der Waals surface area contributed by atoms with Crippen LogP contribution in [0.1, 0.15) is 79.7 Å². The summed E-state index contributed by atoms with van der Waals surface area (Å²) in [6.07, 6.45) is 1.75. The topological polar surface area (TPSA) is 57.5 Å². The first-order valence-corrected chi connectivity index (χ1v) is 11.2. The quantitative estimate of drug-likeness (QED) is 0.532. The van der Waals surface area contributed by atoms with Gasteiger partial charge in [-0.1, -0.05) is 64.1 Å². The maximum atomic E-state index is 13.6. The second-order valence-corrected chi connectivity index (χ2v) is 9.61. The second kappa shape index (κ2) is 10.9. The number of rotatable bonds is 10. The summed E-state index contributed by atoms with van der Waals surface area (Å²) in [6, 6.07) is 12.0. The average Bonchev–Trinajstić information content (AvgIpc) is 2.59. The van der Waals surface area contributed by atoms with E-state index in [0.29, 0.717) is 35.8 Å². The minimum atomic E-state index is -0.517. The molecule has 3 nitrogen and oxygen atoms in total. The predicted molar refractivity (Wildman–Crippen MR) is 124 cm³/mol. The average molecular weight is 411 g/mol. The number of hydrogen-bond acceptors (Lipinski definition) is 3. The summed E-state index contributed by atoms with van der Waals surface area (Å²) in [7, 11) is 0. The standard InChI is InChI=1S/C27H38O3/c1-17(2)11-21-7-9-25(23(15-21)13-19(5)28)27(30)26-10-8-22(12-18(3)4)16-24(26)14-20(6)29/h7-10,15-20,28-29H,11-14H2,1-6H3. The molecule has 2 atom stereocenters. The Bertz CT molecular complexity index is 778. The van der Waals surface area contributed by atoms with Gasteiger partial charge < -0.3 is 10.2 Å². The minimum absolute atomic E-state index is 0.0338. The van der Waals surface area contributed by atoms with Crippen molar-refractivity contribution in [2.45, 2.75) is 79.4 Å². The molecular weight excluding hydrogens is 372 g/mol. The van der Waals surface area contributed by atoms with Crippen LogP contribution in [0.2, 0.25) is 0 Å². The fourth-order valence-corrected chi connectivity index (χ4v) is 4.05. The van der Waals surface area contributed by atoms with E-state index in [2.05, 4.69) is 39.8 Å². The van der Waals surface area contributed by atoms with E-state index in [1.54, 1.807) is 13.8 Å². The molecule has 164 valence electrons. The molecule has 0 saturated carbocycles. The van der Waals surface area contributed by atoms with Crippen LogP contribution in [0.4, 0.5) is 0 Å². The lowest BCUT2D eigenvalue weighted by atomic mass is 9.88. The van der Waals surface area contributed by atoms with Gasteiger partial charge in [-0.3, -0.25) is 4.79 Å². The molecule has 2 aromatic carbocycles. The van der Waals surface area contributed by atoms with Gasteiger partial charge in [-0.25, -0.2) is 0 Å². The molecule has 2 unspecified atom stereocenters. The third kappa shape index (κ3) is 7.07. The van der Waals surface area contributed by atoms with Crippen LogP contribution in [0.15, 0.2) is 36.4 Å². The van der Waals surface area contributed by atoms with Gasteiger partial charge in [0.2, 0.25) is 0 Å². The molecular formula is C27H38O3. The van der Waals surface area contributed by atoms with Crippen LogP contribution in [0, 0.1) is 11.8 Å². The number of ketones is 1. The molecule has 0 heterocycles. The third-order valence-corrected chi connectivity index (χ3v) is 5.15. The molecule has 0 aliphatic carbocycles. The highest BCUT2D eigenvalue weighted by Crippen LogP contribution is 2.24. The first-order chi connectivity index (χ1) is 14.1. The summed E-state index contributed by atoms with van der Waals surface area (Å²) >= 11 is 0. The molecule has 0 aromatic heterocycles. The number of aliphatic hydroxyl groups excluding tert-OH is 2. The predicted octanol–water partition coefficient (Wildman–Crippen LogP) is 5.16. The monoisotopic (exact) mass is 410 g/mol. The zero-order chi connectivity index (χ0) is 22.4. The van der Waals surface area contributed by atoms with Crippen LogP contribution < -0.4 is 0 Å². The fourth-order valence-electron chi connectivity index (χ4n) is 4.05. The largest absolute Gasteiger partial charge is 0.393 e. The molecule has 0 amide bonds. The van der Waals surface area contributed by atoms with Gasteiger partial charge >= 0.3 is 0 Å². The van der Waals surface area contributed by atoms with Gasteiger partial charge in [-0.15, -0.1) is 0 Å². The van der Waals surface area contributed by atoms with Crippen molar-refractivity contribution in [2.75, 3.05) is 0 Å². The number of aliphatic hydroxyl groups is 2. The molecule has 0 spiro atoms. The van der Waals surface area contributed by atoms with Crippen molar-refractivity contribution >= 4 is 5.78 Å². The van der Waals surface area contributed by atoms with E-state index in [1.165, 1.54) is 11.1 Å². The molecule has 0 saturated heterocycles. The van der Waals surface area contributed by atoms with Crippen LogP contribution in [-0.4, -0.2) is 28.2 Å². The van der Waals surface area contributed by atoms with E-state index in [1.807, 2.05) is 24.3 Å². The van der Waals surface area contributed by atoms with Crippen molar-refractivity contribution in [3.8, 4) is 0 Å². The van der Waals surface area contributed by atoms with Crippen LogP contribution >= 0.6 is 0 Å². The Labute approximate surface area is 182 Å². The van der Waals surface area contributed by atoms with Crippen LogP contribution in [0.5, 0.6) is 0 Å². The molecule has 0 fully saturated rings. The van der Waals surface area contributed by atoms with E-state index >= 15 is 0 Å². The van der Waals surface area contributed by atoms with Crippen LogP contribution in [0.3, 0.4) is 0 Å². The number of hydrogen-bond donors (Lipinski definition) is 2. The number of carbonyl (C=O) groups is 1. The van der Waals surface area contributed by atoms with Crippen molar-refractivity contribution < 1.29 is 15.0 Å². The lowest BCUT2D eigenvalue weighted by Gasteiger charge is -2.17. The SMILES string of the molecule is CC(C)Cc1ccc(C(=O)c2ccc(CC(C)C)cc2CC(C)O)c(CC(C)O)c1. The van der Waals surface area contributed by atoms with Crippen molar-refractivity contribution in [1.82, 2.24) is 0 Å². The van der Waals surface area contributed by atoms with Gasteiger partial charge in [0.05, 0.1) is 12.2 Å². The number of benzene rings is 2. The highest BCUT2D eigenvalue weighted by Gasteiger charge is 2.20. The van der Waals surface area contributed by atoms with Crippen LogP contribution in [0.25, 0.3) is 0 Å². The zero-order valence-electron chi connectivity index (χ0n) is 19.4. The summed E-state index contributed by atoms with van der Waals surface area (Å²) in [5, 5.41) is 20.0. The van der Waals surface area contributed by atoms with Gasteiger partial charge in [-0.2, -0.15) is 0 Å². The lowest BCUT2D eigenvalue weighted by molar-refractivity contribution is 0.103. The minimum Gasteiger partial charge on any atom is -0.393 e. The highest BCUT2D eigenvalue weighted by molar-refractivity contribution is 6.11. The molecule has 2 N–H and O–H groups in total. The lowest BCUT2D eigenvalue weighted by Crippen LogP contribution is -2.15. The Morgan fingerprint density at radius 1 is 0.667 bits per heavy atom. The first kappa shape index (κ1) is 24.3. The molecule has 3 heteroatoms. The Balaban J connectivity index is 2.49. The molecule has 0 aliphatic rings. The summed E-state index contributed by atoms with van der Waals surface area (Å²) in [4.78, 5) is 13.6. The molecule has 0 aliphatic heterocycles. The Kier molecular flexibility index (Phi) is 8.81. The van der Waals surface area contributed by atoms with Crippen molar-refractivity contribution in [3.05, 3.63) is 69.8 Å². The Hall–Kier alpha value is -1.97. The molecule has 30 heavy (non-hydrogen) atoms. The van der Waals surface area contributed by atoms with Gasteiger partial charge in [0.1, 0.15) is 0 Å². The van der Waals surface area contributed by atoms with Gasteiger partial charge in [0.25, 0.3) is 0 Å². The maximum absolute atomic E-state index is 13.6. The Morgan fingerprint density at radius 3 is 1.33 bits per heavy atom. The highest BCUT2D eigenvalue weighted by atomic mass is 16.3. The fraction of sp³-hybridized carbons (Fsp3) is 0.519. The summed E-state index contributed by atoms with van der Waals surface area (Å²) in [5.74, 6) is 1.02. The van der Waals surface area contributed by atoms with Crippen LogP contribution in [-0.2, 0) is 25.7 Å². The smallest absolute Gasteiger partial charge is 0.193 e. The maximum Gasteiger partial charge on any atom is 0.193 e. The summed E-state index contributed by atoms with van der Waals surface area (Å²) in [5.41, 5.74) is 5.45. The first-order valence-electron chi connectivity index (χ1n) is 11.2. The summed E-state index contributed by atoms with van der Waals surface area (Å²) < 4.78 is 0. The normalized spacial score (nSPS) is 13.7. The van der Waals surface area contributed by atoms with Crippen molar-refractivity contribution in [3.63, 3.8) is 0 Å². The van der Waals surface area contributed by atoms with Crippen molar-refractivity contribution in [2.24, 2.45) is 11.8 Å². The van der Waals surface area contributed by atoms with Crippen molar-refractivity contribution in [1.29, 1.82) is 0 Å². The van der Waals surface area contributed by atoms with Gasteiger partial charge in [0.15, 0.2) is 5.78 Å². The van der Waals surface area contributed by atoms with Gasteiger partial charge in [0, 0.05) is 11.1 Å². The van der Waals surface area contributed by atoms with E-state index < -0.39 is 12.2 Å². The third-order valence-electron chi connectivity index (χ3n) is 5.15. The Morgan fingerprint density at radius 2 is 1.03 bits per heavy atom. The molecule has 0 bridgehead atoms. The molecule has 2 aromatic rings. The number of carbonyl (C=O) groups excluding carboxylic acids is 1. The molecule has 0 radical (unpaired) electrons. The summed E-state index contributed by atoms with van der Waals surface area (Å²) in [6.45, 7) is 12.2. The second-order valence-electron chi connectivity index (χ2n) is 9.61.